The maximum Gasteiger partial charge on any atom is 0.263 e. The maximum atomic E-state index is 12.2. The highest BCUT2D eigenvalue weighted by Crippen LogP contribution is 2.27. The summed E-state index contributed by atoms with van der Waals surface area (Å²) in [6.07, 6.45) is 1.08. The fraction of sp³-hybridized carbons (Fsp3) is 0. The molecule has 0 bridgehead atoms. The van der Waals surface area contributed by atoms with Gasteiger partial charge in [-0.15, -0.1) is 0 Å². The van der Waals surface area contributed by atoms with Crippen molar-refractivity contribution in [2.75, 3.05) is 4.72 Å². The van der Waals surface area contributed by atoms with E-state index in [1.165, 1.54) is 24.3 Å². The topological polar surface area (TPSA) is 82.9 Å². The van der Waals surface area contributed by atoms with Crippen molar-refractivity contribution in [3.05, 3.63) is 51.2 Å². The van der Waals surface area contributed by atoms with Gasteiger partial charge in [-0.3, -0.25) is 4.72 Å². The molecule has 1 aromatic heterocycles. The highest BCUT2D eigenvalue weighted by molar-refractivity contribution is 7.92. The molecule has 0 saturated heterocycles. The maximum absolute atomic E-state index is 12.2. The summed E-state index contributed by atoms with van der Waals surface area (Å²) in [4.78, 5) is 3.52. The molecule has 21 heavy (non-hydrogen) atoms. The number of pyridine rings is 1. The second kappa shape index (κ2) is 6.08. The highest BCUT2D eigenvalue weighted by atomic mass is 35.5. The van der Waals surface area contributed by atoms with Gasteiger partial charge in [0.25, 0.3) is 10.0 Å². The van der Waals surface area contributed by atoms with Crippen molar-refractivity contribution in [1.29, 1.82) is 5.26 Å². The van der Waals surface area contributed by atoms with Crippen LogP contribution in [-0.4, -0.2) is 13.4 Å². The van der Waals surface area contributed by atoms with Crippen LogP contribution in [-0.2, 0) is 10.0 Å². The molecule has 0 spiro atoms. The average Bonchev–Trinajstić information content (AvgIpc) is 2.43. The molecule has 1 N–H and O–H groups in total. The van der Waals surface area contributed by atoms with Crippen LogP contribution in [0.25, 0.3) is 0 Å². The Morgan fingerprint density at radius 1 is 1.14 bits per heavy atom. The molecule has 9 heteroatoms. The highest BCUT2D eigenvalue weighted by Gasteiger charge is 2.18. The van der Waals surface area contributed by atoms with Crippen molar-refractivity contribution in [1.82, 2.24) is 4.98 Å². The van der Waals surface area contributed by atoms with Gasteiger partial charge in [0.1, 0.15) is 10.0 Å². The Balaban J connectivity index is 2.37. The summed E-state index contributed by atoms with van der Waals surface area (Å²) in [5.41, 5.74) is 0.459. The second-order valence-electron chi connectivity index (χ2n) is 3.86. The normalized spacial score (nSPS) is 11.0. The van der Waals surface area contributed by atoms with Crippen molar-refractivity contribution < 1.29 is 8.42 Å². The van der Waals surface area contributed by atoms with E-state index in [4.69, 9.17) is 40.1 Å². The van der Waals surface area contributed by atoms with Crippen molar-refractivity contribution in [3.63, 3.8) is 0 Å². The number of nitrogens with one attached hydrogen (secondary N) is 1. The monoisotopic (exact) mass is 361 g/mol. The molecule has 0 saturated carbocycles. The SMILES string of the molecule is N#Cc1ccc(NS(=O)(=O)c2cnc(Cl)c(Cl)c2)c(Cl)c1. The largest absolute Gasteiger partial charge is 0.278 e. The molecule has 2 aromatic rings. The van der Waals surface area contributed by atoms with E-state index >= 15 is 0 Å². The molecule has 1 heterocycles. The van der Waals surface area contributed by atoms with E-state index in [9.17, 15) is 8.42 Å². The number of benzene rings is 1. The number of halogens is 3. The first-order valence-corrected chi connectivity index (χ1v) is 7.99. The van der Waals surface area contributed by atoms with E-state index < -0.39 is 10.0 Å². The summed E-state index contributed by atoms with van der Waals surface area (Å²) in [5.74, 6) is 0. The Morgan fingerprint density at radius 3 is 2.43 bits per heavy atom. The minimum absolute atomic E-state index is 0.00650. The number of hydrogen-bond acceptors (Lipinski definition) is 4. The molecule has 2 rings (SSSR count). The average molecular weight is 363 g/mol. The van der Waals surface area contributed by atoms with Crippen LogP contribution in [0, 0.1) is 11.3 Å². The van der Waals surface area contributed by atoms with Gasteiger partial charge >= 0.3 is 0 Å². The summed E-state index contributed by atoms with van der Waals surface area (Å²) in [5, 5.41) is 8.87. The van der Waals surface area contributed by atoms with Gasteiger partial charge in [0.2, 0.25) is 0 Å². The van der Waals surface area contributed by atoms with Crippen LogP contribution in [0.1, 0.15) is 5.56 Å². The molecule has 5 nitrogen and oxygen atoms in total. The lowest BCUT2D eigenvalue weighted by Crippen LogP contribution is -2.13. The number of aromatic nitrogens is 1. The number of nitriles is 1. The van der Waals surface area contributed by atoms with E-state index in [1.54, 1.807) is 0 Å². The standard InChI is InChI=1S/C12H6Cl3N3O2S/c13-9-3-7(5-16)1-2-11(9)18-21(19,20)8-4-10(14)12(15)17-6-8/h1-4,6,18H. The van der Waals surface area contributed by atoms with Gasteiger partial charge in [0, 0.05) is 6.20 Å². The van der Waals surface area contributed by atoms with Gasteiger partial charge in [-0.1, -0.05) is 34.8 Å². The number of hydrogen-bond donors (Lipinski definition) is 1. The second-order valence-corrected chi connectivity index (χ2v) is 6.71. The smallest absolute Gasteiger partial charge is 0.263 e. The van der Waals surface area contributed by atoms with Crippen LogP contribution in [0.2, 0.25) is 15.2 Å². The molecule has 0 amide bonds. The van der Waals surface area contributed by atoms with Crippen LogP contribution >= 0.6 is 34.8 Å². The number of nitrogens with zero attached hydrogens (tertiary/aromatic N) is 2. The van der Waals surface area contributed by atoms with E-state index in [1.807, 2.05) is 6.07 Å². The fourth-order valence-corrected chi connectivity index (χ4v) is 3.09. The zero-order valence-corrected chi connectivity index (χ0v) is 13.2. The van der Waals surface area contributed by atoms with Crippen LogP contribution in [0.3, 0.4) is 0 Å². The van der Waals surface area contributed by atoms with E-state index in [0.29, 0.717) is 5.56 Å². The minimum Gasteiger partial charge on any atom is -0.278 e. The van der Waals surface area contributed by atoms with Gasteiger partial charge in [-0.2, -0.15) is 5.26 Å². The van der Waals surface area contributed by atoms with Gasteiger partial charge in [0.15, 0.2) is 0 Å². The van der Waals surface area contributed by atoms with Gasteiger partial charge < -0.3 is 0 Å². The van der Waals surface area contributed by atoms with Gasteiger partial charge in [0.05, 0.1) is 27.4 Å². The van der Waals surface area contributed by atoms with Crippen LogP contribution < -0.4 is 4.72 Å². The Labute approximate surface area is 136 Å². The van der Waals surface area contributed by atoms with Gasteiger partial charge in [-0.05, 0) is 24.3 Å². The van der Waals surface area contributed by atoms with Crippen LogP contribution in [0.15, 0.2) is 35.4 Å². The molecule has 0 aliphatic rings. The molecule has 0 atom stereocenters. The van der Waals surface area contributed by atoms with Crippen molar-refractivity contribution in [3.8, 4) is 6.07 Å². The van der Waals surface area contributed by atoms with Crippen molar-refractivity contribution in [2.24, 2.45) is 0 Å². The fourth-order valence-electron chi connectivity index (χ4n) is 1.42. The molecule has 0 aliphatic carbocycles. The molecule has 0 fully saturated rings. The summed E-state index contributed by atoms with van der Waals surface area (Å²) >= 11 is 17.3. The first-order valence-electron chi connectivity index (χ1n) is 5.37. The number of sulfonamides is 1. The molecule has 108 valence electrons. The van der Waals surface area contributed by atoms with Crippen LogP contribution in [0.4, 0.5) is 5.69 Å². The molecular weight excluding hydrogens is 357 g/mol. The quantitative estimate of drug-likeness (QED) is 0.844. The summed E-state index contributed by atoms with van der Waals surface area (Å²) in [6, 6.07) is 7.26. The number of rotatable bonds is 3. The van der Waals surface area contributed by atoms with Crippen molar-refractivity contribution in [2.45, 2.75) is 4.90 Å². The van der Waals surface area contributed by atoms with Crippen molar-refractivity contribution >= 4 is 50.5 Å². The molecule has 0 unspecified atom stereocenters. The zero-order valence-electron chi connectivity index (χ0n) is 10.1. The molecule has 0 radical (unpaired) electrons. The third-order valence-corrected chi connectivity index (χ3v) is 4.76. The van der Waals surface area contributed by atoms with E-state index in [-0.39, 0.29) is 25.8 Å². The lowest BCUT2D eigenvalue weighted by atomic mass is 10.2. The lowest BCUT2D eigenvalue weighted by Gasteiger charge is -2.10. The zero-order chi connectivity index (χ0) is 15.6. The van der Waals surface area contributed by atoms with Gasteiger partial charge in [-0.25, -0.2) is 13.4 Å². The lowest BCUT2D eigenvalue weighted by molar-refractivity contribution is 0.601. The third-order valence-electron chi connectivity index (χ3n) is 2.42. The first kappa shape index (κ1) is 15.9. The molecule has 1 aromatic carbocycles. The molecule has 0 aliphatic heterocycles. The van der Waals surface area contributed by atoms with E-state index in [2.05, 4.69) is 9.71 Å². The Bertz CT molecular complexity index is 847. The summed E-state index contributed by atoms with van der Waals surface area (Å²) in [7, 11) is -3.92. The summed E-state index contributed by atoms with van der Waals surface area (Å²) < 4.78 is 26.7. The minimum atomic E-state index is -3.92. The number of anilines is 1. The Morgan fingerprint density at radius 2 is 1.86 bits per heavy atom. The first-order chi connectivity index (χ1) is 9.83. The summed E-state index contributed by atoms with van der Waals surface area (Å²) in [6.45, 7) is 0. The predicted octanol–water partition coefficient (Wildman–Crippen LogP) is 3.71. The predicted molar refractivity (Wildman–Crippen MR) is 81.2 cm³/mol. The Kier molecular flexibility index (Phi) is 4.59. The molecular formula is C12H6Cl3N3O2S. The van der Waals surface area contributed by atoms with E-state index in [0.717, 1.165) is 6.20 Å². The Hall–Kier alpha value is -1.52. The third kappa shape index (κ3) is 3.57. The van der Waals surface area contributed by atoms with Crippen LogP contribution in [0.5, 0.6) is 0 Å².